The molecule has 2 unspecified atom stereocenters. The standard InChI is InChI=1S/C14H24O2/c1-3-5-12-7-9-14(16-11(2)15)8-4-6-13(12)10-14/h12-13H,3-10H2,1-2H3/t12?,13?,14-/m1/s1. The van der Waals surface area contributed by atoms with Crippen molar-refractivity contribution in [2.75, 3.05) is 0 Å². The molecule has 0 heterocycles. The molecule has 0 aromatic heterocycles. The minimum absolute atomic E-state index is 0.0704. The molecule has 0 aliphatic heterocycles. The van der Waals surface area contributed by atoms with Gasteiger partial charge >= 0.3 is 5.97 Å². The van der Waals surface area contributed by atoms with Crippen molar-refractivity contribution < 1.29 is 9.53 Å². The Kier molecular flexibility index (Phi) is 3.56. The van der Waals surface area contributed by atoms with E-state index in [1.807, 2.05) is 0 Å². The minimum Gasteiger partial charge on any atom is -0.459 e. The topological polar surface area (TPSA) is 26.3 Å². The Bertz CT molecular complexity index is 261. The van der Waals surface area contributed by atoms with Gasteiger partial charge in [-0.15, -0.1) is 0 Å². The molecular weight excluding hydrogens is 200 g/mol. The van der Waals surface area contributed by atoms with Crippen molar-refractivity contribution in [3.63, 3.8) is 0 Å². The third-order valence-electron chi connectivity index (χ3n) is 4.50. The maximum atomic E-state index is 11.2. The van der Waals surface area contributed by atoms with Crippen molar-refractivity contribution in [2.45, 2.75) is 70.8 Å². The van der Waals surface area contributed by atoms with Crippen LogP contribution in [-0.4, -0.2) is 11.6 Å². The maximum Gasteiger partial charge on any atom is 0.303 e. The lowest BCUT2D eigenvalue weighted by molar-refractivity contribution is -0.169. The number of rotatable bonds is 3. The lowest BCUT2D eigenvalue weighted by atomic mass is 9.63. The summed E-state index contributed by atoms with van der Waals surface area (Å²) < 4.78 is 5.64. The van der Waals surface area contributed by atoms with Crippen molar-refractivity contribution in [1.29, 1.82) is 0 Å². The zero-order valence-electron chi connectivity index (χ0n) is 10.6. The molecule has 0 spiro atoms. The van der Waals surface area contributed by atoms with Crippen molar-refractivity contribution in [1.82, 2.24) is 0 Å². The van der Waals surface area contributed by atoms with Gasteiger partial charge in [-0.2, -0.15) is 0 Å². The molecule has 2 rings (SSSR count). The highest BCUT2D eigenvalue weighted by molar-refractivity contribution is 5.66. The van der Waals surface area contributed by atoms with Gasteiger partial charge in [-0.05, 0) is 50.4 Å². The van der Waals surface area contributed by atoms with E-state index in [9.17, 15) is 4.79 Å². The summed E-state index contributed by atoms with van der Waals surface area (Å²) in [5.74, 6) is 1.63. The van der Waals surface area contributed by atoms with Crippen molar-refractivity contribution in [3.8, 4) is 0 Å². The zero-order valence-corrected chi connectivity index (χ0v) is 10.6. The first-order valence-corrected chi connectivity index (χ1v) is 6.85. The highest BCUT2D eigenvalue weighted by atomic mass is 16.6. The lowest BCUT2D eigenvalue weighted by Crippen LogP contribution is -2.45. The molecule has 2 saturated carbocycles. The summed E-state index contributed by atoms with van der Waals surface area (Å²) in [5.41, 5.74) is -0.0704. The average Bonchev–Trinajstić information content (AvgIpc) is 2.22. The second kappa shape index (κ2) is 4.77. The monoisotopic (exact) mass is 224 g/mol. The quantitative estimate of drug-likeness (QED) is 0.683. The SMILES string of the molecule is CCCC1CC[C@]2(OC(C)=O)CCCC1C2. The van der Waals surface area contributed by atoms with E-state index in [2.05, 4.69) is 6.92 Å². The van der Waals surface area contributed by atoms with Crippen LogP contribution in [0.2, 0.25) is 0 Å². The summed E-state index contributed by atoms with van der Waals surface area (Å²) in [5, 5.41) is 0. The van der Waals surface area contributed by atoms with Gasteiger partial charge in [-0.3, -0.25) is 4.79 Å². The first kappa shape index (κ1) is 11.9. The van der Waals surface area contributed by atoms with Crippen LogP contribution in [0.3, 0.4) is 0 Å². The van der Waals surface area contributed by atoms with E-state index in [0.29, 0.717) is 0 Å². The van der Waals surface area contributed by atoms with Gasteiger partial charge in [0.2, 0.25) is 0 Å². The van der Waals surface area contributed by atoms with Crippen LogP contribution in [0.4, 0.5) is 0 Å². The fourth-order valence-electron chi connectivity index (χ4n) is 3.88. The fourth-order valence-corrected chi connectivity index (χ4v) is 3.88. The van der Waals surface area contributed by atoms with Gasteiger partial charge in [0.05, 0.1) is 0 Å². The van der Waals surface area contributed by atoms with E-state index >= 15 is 0 Å². The van der Waals surface area contributed by atoms with Gasteiger partial charge in [-0.1, -0.05) is 19.8 Å². The molecule has 2 heteroatoms. The molecule has 16 heavy (non-hydrogen) atoms. The largest absolute Gasteiger partial charge is 0.459 e. The molecule has 0 amide bonds. The van der Waals surface area contributed by atoms with Crippen LogP contribution < -0.4 is 0 Å². The van der Waals surface area contributed by atoms with Gasteiger partial charge in [-0.25, -0.2) is 0 Å². The Labute approximate surface area is 98.7 Å². The molecule has 92 valence electrons. The molecule has 2 aliphatic carbocycles. The summed E-state index contributed by atoms with van der Waals surface area (Å²) in [7, 11) is 0. The van der Waals surface area contributed by atoms with Crippen LogP contribution in [0.5, 0.6) is 0 Å². The van der Waals surface area contributed by atoms with Crippen LogP contribution in [0.25, 0.3) is 0 Å². The number of ether oxygens (including phenoxy) is 1. The average molecular weight is 224 g/mol. The molecule has 2 aliphatic rings. The van der Waals surface area contributed by atoms with E-state index in [1.165, 1.54) is 32.1 Å². The number of hydrogen-bond donors (Lipinski definition) is 0. The normalized spacial score (nSPS) is 38.1. The maximum absolute atomic E-state index is 11.2. The predicted molar refractivity (Wildman–Crippen MR) is 64.1 cm³/mol. The third-order valence-corrected chi connectivity index (χ3v) is 4.50. The van der Waals surface area contributed by atoms with Crippen LogP contribution in [-0.2, 0) is 9.53 Å². The van der Waals surface area contributed by atoms with Crippen LogP contribution >= 0.6 is 0 Å². The molecule has 3 atom stereocenters. The van der Waals surface area contributed by atoms with Crippen LogP contribution in [0, 0.1) is 11.8 Å². The van der Waals surface area contributed by atoms with Gasteiger partial charge < -0.3 is 4.74 Å². The van der Waals surface area contributed by atoms with E-state index in [1.54, 1.807) is 6.92 Å². The van der Waals surface area contributed by atoms with Gasteiger partial charge in [0.15, 0.2) is 0 Å². The fraction of sp³-hybridized carbons (Fsp3) is 0.929. The highest BCUT2D eigenvalue weighted by Crippen LogP contribution is 2.49. The van der Waals surface area contributed by atoms with Crippen molar-refractivity contribution in [2.24, 2.45) is 11.8 Å². The predicted octanol–water partition coefficient (Wildman–Crippen LogP) is 3.69. The Morgan fingerprint density at radius 1 is 1.38 bits per heavy atom. The van der Waals surface area contributed by atoms with E-state index in [-0.39, 0.29) is 11.6 Å². The van der Waals surface area contributed by atoms with E-state index < -0.39 is 0 Å². The second-order valence-electron chi connectivity index (χ2n) is 5.72. The van der Waals surface area contributed by atoms with Crippen molar-refractivity contribution >= 4 is 5.97 Å². The lowest BCUT2D eigenvalue weighted by Gasteiger charge is -2.48. The zero-order chi connectivity index (χ0) is 11.6. The summed E-state index contributed by atoms with van der Waals surface area (Å²) in [6.07, 6.45) is 9.87. The minimum atomic E-state index is -0.0883. The molecule has 0 saturated heterocycles. The van der Waals surface area contributed by atoms with Gasteiger partial charge in [0.25, 0.3) is 0 Å². The number of fused-ring (bicyclic) bond motifs is 2. The number of carbonyl (C=O) groups excluding carboxylic acids is 1. The molecule has 0 aromatic rings. The van der Waals surface area contributed by atoms with Crippen molar-refractivity contribution in [3.05, 3.63) is 0 Å². The highest BCUT2D eigenvalue weighted by Gasteiger charge is 2.45. The summed E-state index contributed by atoms with van der Waals surface area (Å²) in [6.45, 7) is 3.83. The molecular formula is C14H24O2. The van der Waals surface area contributed by atoms with Gasteiger partial charge in [0, 0.05) is 6.92 Å². The third kappa shape index (κ3) is 2.41. The molecule has 2 nitrogen and oxygen atoms in total. The molecule has 0 radical (unpaired) electrons. The molecule has 2 bridgehead atoms. The van der Waals surface area contributed by atoms with Gasteiger partial charge in [0.1, 0.15) is 5.60 Å². The van der Waals surface area contributed by atoms with Crippen LogP contribution in [0.1, 0.15) is 65.2 Å². The first-order chi connectivity index (χ1) is 7.65. The number of carbonyl (C=O) groups is 1. The van der Waals surface area contributed by atoms with E-state index in [4.69, 9.17) is 4.74 Å². The number of esters is 1. The summed E-state index contributed by atoms with van der Waals surface area (Å²) in [6, 6.07) is 0. The summed E-state index contributed by atoms with van der Waals surface area (Å²) >= 11 is 0. The molecule has 2 fully saturated rings. The van der Waals surface area contributed by atoms with Crippen LogP contribution in [0.15, 0.2) is 0 Å². The Hall–Kier alpha value is -0.530. The summed E-state index contributed by atoms with van der Waals surface area (Å²) in [4.78, 5) is 11.2. The Morgan fingerprint density at radius 3 is 2.88 bits per heavy atom. The number of hydrogen-bond acceptors (Lipinski definition) is 2. The first-order valence-electron chi connectivity index (χ1n) is 6.85. The Morgan fingerprint density at radius 2 is 2.19 bits per heavy atom. The van der Waals surface area contributed by atoms with E-state index in [0.717, 1.165) is 31.1 Å². The second-order valence-corrected chi connectivity index (χ2v) is 5.72. The smallest absolute Gasteiger partial charge is 0.303 e. The molecule has 0 aromatic carbocycles. The molecule has 0 N–H and O–H groups in total. The Balaban J connectivity index is 2.01.